The quantitative estimate of drug-likeness (QED) is 0.130. The third-order valence-electron chi connectivity index (χ3n) is 11.9. The van der Waals surface area contributed by atoms with Crippen LogP contribution in [0.25, 0.3) is 11.5 Å². The molecule has 9 heteroatoms. The van der Waals surface area contributed by atoms with E-state index in [9.17, 15) is 14.7 Å². The van der Waals surface area contributed by atoms with Gasteiger partial charge in [0.1, 0.15) is 17.6 Å². The van der Waals surface area contributed by atoms with Crippen molar-refractivity contribution in [3.63, 3.8) is 0 Å². The van der Waals surface area contributed by atoms with Crippen LogP contribution in [0.3, 0.4) is 0 Å². The van der Waals surface area contributed by atoms with Crippen molar-refractivity contribution in [1.82, 2.24) is 10.2 Å². The molecule has 1 aromatic carbocycles. The van der Waals surface area contributed by atoms with Crippen molar-refractivity contribution in [1.29, 1.82) is 0 Å². The molecule has 0 spiro atoms. The second kappa shape index (κ2) is 12.4. The Kier molecular flexibility index (Phi) is 8.78. The molecule has 0 saturated heterocycles. The third-order valence-corrected chi connectivity index (χ3v) is 12.7. The number of benzene rings is 1. The molecule has 3 aromatic rings. The number of aliphatic hydroxyl groups is 1. The Labute approximate surface area is 276 Å². The number of aliphatic hydroxyl groups excluding tert-OH is 1. The number of hydrogen-bond acceptors (Lipinski definition) is 8. The summed E-state index contributed by atoms with van der Waals surface area (Å²) in [5.41, 5.74) is 1.71. The number of rotatable bonds is 8. The number of thioether (sulfide) groups is 1. The summed E-state index contributed by atoms with van der Waals surface area (Å²) in [6.45, 7) is 15.4. The van der Waals surface area contributed by atoms with Gasteiger partial charge < -0.3 is 14.3 Å². The number of aryl methyl sites for hydroxylation is 1. The average molecular weight is 645 g/mol. The minimum Gasteiger partial charge on any atom is -0.461 e. The molecule has 0 unspecified atom stereocenters. The van der Waals surface area contributed by atoms with E-state index < -0.39 is 29.0 Å². The number of Topliss-reactive ketones (excluding diaryl/α,β-unsaturated/α-hetero) is 1. The Balaban J connectivity index is 1.15. The molecule has 8 atom stereocenters. The maximum absolute atomic E-state index is 13.6. The maximum Gasteiger partial charge on any atom is 0.316 e. The molecule has 46 heavy (non-hydrogen) atoms. The number of ether oxygens (including phenoxy) is 1. The minimum absolute atomic E-state index is 0.0125. The van der Waals surface area contributed by atoms with Crippen LogP contribution in [0, 0.1) is 40.9 Å². The van der Waals surface area contributed by atoms with Gasteiger partial charge in [-0.25, -0.2) is 4.57 Å². The molecular weight excluding hydrogens is 598 g/mol. The summed E-state index contributed by atoms with van der Waals surface area (Å²) in [4.78, 5) is 27.1. The van der Waals surface area contributed by atoms with E-state index in [1.807, 2.05) is 37.5 Å². The molecule has 6 rings (SSSR count). The standard InChI is InChI=1S/C37H46N3O5S/c1-7-35(5)20-29(36(6)24(3)12-16-37(25(4)32(35)43)17-13-28(41)31(36)37)44-30(42)22-46-34-39-38-33(45-34)27-14-18-40(19-15-27)21-26-10-8-23(2)9-11-26/h7-11,14-15,18-19,24-25,29,31-32,43H,1,12-13,16-17,20-22H2,2-6H3/q+1/t24-,25+,29-,31+,32+,35-,36+,37+/m1/s1. The number of pyridine rings is 1. The zero-order chi connectivity index (χ0) is 32.9. The number of carbonyl (C=O) groups is 2. The number of esters is 1. The Bertz CT molecular complexity index is 1610. The van der Waals surface area contributed by atoms with Crippen molar-refractivity contribution in [3.05, 3.63) is 72.6 Å². The largest absolute Gasteiger partial charge is 0.461 e. The van der Waals surface area contributed by atoms with Crippen LogP contribution in [0.2, 0.25) is 0 Å². The molecule has 3 aliphatic carbocycles. The highest BCUT2D eigenvalue weighted by atomic mass is 32.2. The first-order valence-corrected chi connectivity index (χ1v) is 17.4. The fraction of sp³-hybridized carbons (Fsp3) is 0.541. The van der Waals surface area contributed by atoms with Crippen LogP contribution < -0.4 is 4.57 Å². The first-order valence-electron chi connectivity index (χ1n) is 16.4. The van der Waals surface area contributed by atoms with Crippen LogP contribution in [0.4, 0.5) is 0 Å². The summed E-state index contributed by atoms with van der Waals surface area (Å²) in [6, 6.07) is 12.3. The summed E-state index contributed by atoms with van der Waals surface area (Å²) in [5.74, 6) is 0.0507. The van der Waals surface area contributed by atoms with Gasteiger partial charge in [0.25, 0.3) is 5.22 Å². The first-order chi connectivity index (χ1) is 21.9. The second-order valence-corrected chi connectivity index (χ2v) is 15.4. The molecule has 2 aromatic heterocycles. The van der Waals surface area contributed by atoms with E-state index in [1.54, 1.807) is 0 Å². The Hall–Kier alpha value is -3.30. The van der Waals surface area contributed by atoms with Gasteiger partial charge in [-0.1, -0.05) is 75.4 Å². The third kappa shape index (κ3) is 5.63. The van der Waals surface area contributed by atoms with Gasteiger partial charge in [0.05, 0.1) is 11.7 Å². The zero-order valence-electron chi connectivity index (χ0n) is 27.6. The smallest absolute Gasteiger partial charge is 0.316 e. The Morgan fingerprint density at radius 2 is 1.87 bits per heavy atom. The molecule has 244 valence electrons. The summed E-state index contributed by atoms with van der Waals surface area (Å²) in [6.07, 6.45) is 8.04. The van der Waals surface area contributed by atoms with Crippen molar-refractivity contribution >= 4 is 23.5 Å². The lowest BCUT2D eigenvalue weighted by Gasteiger charge is -2.61. The highest BCUT2D eigenvalue weighted by molar-refractivity contribution is 7.99. The number of hydrogen-bond donors (Lipinski definition) is 1. The van der Waals surface area contributed by atoms with Gasteiger partial charge in [0.2, 0.25) is 5.89 Å². The number of carbonyl (C=O) groups excluding carboxylic acids is 2. The van der Waals surface area contributed by atoms with E-state index in [0.717, 1.165) is 43.1 Å². The normalized spacial score (nSPS) is 34.0. The van der Waals surface area contributed by atoms with E-state index in [2.05, 4.69) is 73.3 Å². The molecule has 2 heterocycles. The van der Waals surface area contributed by atoms with Crippen molar-refractivity contribution in [2.45, 2.75) is 90.7 Å². The monoisotopic (exact) mass is 644 g/mol. The van der Waals surface area contributed by atoms with Crippen LogP contribution in [0.1, 0.15) is 70.9 Å². The molecule has 1 N–H and O–H groups in total. The van der Waals surface area contributed by atoms with Crippen LogP contribution in [-0.4, -0.2) is 45.0 Å². The predicted octanol–water partition coefficient (Wildman–Crippen LogP) is 6.38. The fourth-order valence-corrected chi connectivity index (χ4v) is 9.35. The summed E-state index contributed by atoms with van der Waals surface area (Å²) in [5, 5.41) is 20.4. The molecule has 3 saturated carbocycles. The van der Waals surface area contributed by atoms with Gasteiger partial charge in [-0.05, 0) is 49.9 Å². The van der Waals surface area contributed by atoms with E-state index in [4.69, 9.17) is 9.15 Å². The Morgan fingerprint density at radius 3 is 2.57 bits per heavy atom. The SMILES string of the molecule is C=C[C@]1(C)C[C@@H](OC(=O)CSc2nnc(-c3cc[n+](Cc4ccc(C)cc4)cc3)o2)[C@]2(C)[C@H](C)CC[C@]3(CCC(=O)[C@H]32)[C@@H](C)[C@@H]1O. The highest BCUT2D eigenvalue weighted by Gasteiger charge is 2.68. The molecule has 3 aliphatic rings. The van der Waals surface area contributed by atoms with E-state index in [-0.39, 0.29) is 39.9 Å². The predicted molar refractivity (Wildman–Crippen MR) is 176 cm³/mol. The maximum atomic E-state index is 13.6. The van der Waals surface area contributed by atoms with Crippen molar-refractivity contribution in [2.75, 3.05) is 5.75 Å². The summed E-state index contributed by atoms with van der Waals surface area (Å²) >= 11 is 1.14. The number of aromatic nitrogens is 3. The summed E-state index contributed by atoms with van der Waals surface area (Å²) < 4.78 is 14.3. The van der Waals surface area contributed by atoms with Crippen molar-refractivity contribution in [2.24, 2.45) is 34.0 Å². The zero-order valence-corrected chi connectivity index (χ0v) is 28.4. The molecule has 0 radical (unpaired) electrons. The van der Waals surface area contributed by atoms with Gasteiger partial charge in [-0.3, -0.25) is 9.59 Å². The number of ketones is 1. The van der Waals surface area contributed by atoms with E-state index in [1.165, 1.54) is 11.1 Å². The topological polar surface area (TPSA) is 106 Å². The van der Waals surface area contributed by atoms with Gasteiger partial charge in [0.15, 0.2) is 18.9 Å². The number of nitrogens with zero attached hydrogens (tertiary/aromatic N) is 3. The Morgan fingerprint density at radius 1 is 1.15 bits per heavy atom. The lowest BCUT2D eigenvalue weighted by atomic mass is 9.44. The van der Waals surface area contributed by atoms with E-state index in [0.29, 0.717) is 18.7 Å². The van der Waals surface area contributed by atoms with Crippen LogP contribution >= 0.6 is 11.8 Å². The first kappa shape index (κ1) is 32.6. The molecule has 0 aliphatic heterocycles. The molecule has 2 bridgehead atoms. The fourth-order valence-electron chi connectivity index (χ4n) is 8.81. The van der Waals surface area contributed by atoms with Crippen molar-refractivity contribution < 1.29 is 28.4 Å². The van der Waals surface area contributed by atoms with Gasteiger partial charge in [0, 0.05) is 40.9 Å². The lowest BCUT2D eigenvalue weighted by Crippen LogP contribution is -2.63. The summed E-state index contributed by atoms with van der Waals surface area (Å²) in [7, 11) is 0. The van der Waals surface area contributed by atoms with Crippen molar-refractivity contribution in [3.8, 4) is 11.5 Å². The molecular formula is C37H46N3O5S+. The molecule has 3 fully saturated rings. The molecule has 0 amide bonds. The van der Waals surface area contributed by atoms with Gasteiger partial charge >= 0.3 is 5.97 Å². The highest BCUT2D eigenvalue weighted by Crippen LogP contribution is 2.68. The second-order valence-electron chi connectivity index (χ2n) is 14.5. The average Bonchev–Trinajstić information content (AvgIpc) is 3.67. The van der Waals surface area contributed by atoms with Crippen LogP contribution in [0.15, 0.2) is 71.1 Å². The molecule has 8 nitrogen and oxygen atoms in total. The van der Waals surface area contributed by atoms with Gasteiger partial charge in [-0.2, -0.15) is 0 Å². The van der Waals surface area contributed by atoms with E-state index >= 15 is 0 Å². The van der Waals surface area contributed by atoms with Crippen LogP contribution in [0.5, 0.6) is 0 Å². The van der Waals surface area contributed by atoms with Crippen LogP contribution in [-0.2, 0) is 20.9 Å². The van der Waals surface area contributed by atoms with Gasteiger partial charge in [-0.15, -0.1) is 16.8 Å². The lowest BCUT2D eigenvalue weighted by molar-refractivity contribution is -0.688. The minimum atomic E-state index is -0.696.